The van der Waals surface area contributed by atoms with Gasteiger partial charge in [-0.1, -0.05) is 30.3 Å². The molecular formula is C18H18FNO4. The summed E-state index contributed by atoms with van der Waals surface area (Å²) in [6.07, 6.45) is -0.261. The second-order valence-electron chi connectivity index (χ2n) is 5.19. The van der Waals surface area contributed by atoms with E-state index in [4.69, 9.17) is 9.84 Å². The molecule has 0 saturated heterocycles. The van der Waals surface area contributed by atoms with Crippen LogP contribution in [0.1, 0.15) is 24.0 Å². The molecule has 126 valence electrons. The molecule has 0 aromatic heterocycles. The Morgan fingerprint density at radius 3 is 2.46 bits per heavy atom. The van der Waals surface area contributed by atoms with Crippen molar-refractivity contribution in [3.63, 3.8) is 0 Å². The van der Waals surface area contributed by atoms with Crippen molar-refractivity contribution in [2.75, 3.05) is 0 Å². The van der Waals surface area contributed by atoms with E-state index in [-0.39, 0.29) is 37.7 Å². The van der Waals surface area contributed by atoms with E-state index in [0.29, 0.717) is 5.75 Å². The quantitative estimate of drug-likeness (QED) is 0.780. The third-order valence-corrected chi connectivity index (χ3v) is 3.32. The minimum atomic E-state index is -1.01. The summed E-state index contributed by atoms with van der Waals surface area (Å²) >= 11 is 0. The molecule has 2 rings (SSSR count). The Labute approximate surface area is 139 Å². The van der Waals surface area contributed by atoms with Gasteiger partial charge in [-0.25, -0.2) is 4.39 Å². The molecule has 2 aromatic rings. The highest BCUT2D eigenvalue weighted by molar-refractivity contribution is 5.80. The van der Waals surface area contributed by atoms with Gasteiger partial charge in [0.2, 0.25) is 5.91 Å². The van der Waals surface area contributed by atoms with E-state index >= 15 is 0 Å². The molecule has 2 N–H and O–H groups in total. The summed E-state index contributed by atoms with van der Waals surface area (Å²) in [5, 5.41) is 11.2. The van der Waals surface area contributed by atoms with Gasteiger partial charge >= 0.3 is 5.97 Å². The second kappa shape index (κ2) is 8.67. The normalized spacial score (nSPS) is 10.2. The van der Waals surface area contributed by atoms with Crippen LogP contribution in [-0.2, 0) is 22.7 Å². The molecule has 1 amide bonds. The first-order chi connectivity index (χ1) is 11.5. The third-order valence-electron chi connectivity index (χ3n) is 3.32. The van der Waals surface area contributed by atoms with E-state index < -0.39 is 5.97 Å². The molecule has 6 heteroatoms. The van der Waals surface area contributed by atoms with Crippen molar-refractivity contribution in [1.29, 1.82) is 0 Å². The second-order valence-corrected chi connectivity index (χ2v) is 5.19. The highest BCUT2D eigenvalue weighted by Gasteiger charge is 2.08. The zero-order valence-corrected chi connectivity index (χ0v) is 13.0. The van der Waals surface area contributed by atoms with Crippen molar-refractivity contribution in [3.05, 3.63) is 65.5 Å². The summed E-state index contributed by atoms with van der Waals surface area (Å²) in [5.41, 5.74) is 1.61. The molecule has 0 unspecified atom stereocenters. The van der Waals surface area contributed by atoms with Crippen molar-refractivity contribution in [2.24, 2.45) is 0 Å². The Hall–Kier alpha value is -2.89. The zero-order valence-electron chi connectivity index (χ0n) is 13.0. The minimum Gasteiger partial charge on any atom is -0.489 e. The Morgan fingerprint density at radius 2 is 1.75 bits per heavy atom. The number of carbonyl (C=O) groups is 2. The van der Waals surface area contributed by atoms with Gasteiger partial charge in [-0.2, -0.15) is 0 Å². The number of rotatable bonds is 8. The number of carbonyl (C=O) groups excluding carboxylic acids is 1. The highest BCUT2D eigenvalue weighted by atomic mass is 19.1. The number of para-hydroxylation sites is 1. The molecular weight excluding hydrogens is 313 g/mol. The van der Waals surface area contributed by atoms with E-state index in [9.17, 15) is 14.0 Å². The predicted molar refractivity (Wildman–Crippen MR) is 85.9 cm³/mol. The van der Waals surface area contributed by atoms with Gasteiger partial charge in [0, 0.05) is 18.5 Å². The van der Waals surface area contributed by atoms with Crippen LogP contribution in [0.4, 0.5) is 4.39 Å². The highest BCUT2D eigenvalue weighted by Crippen LogP contribution is 2.19. The summed E-state index contributed by atoms with van der Waals surface area (Å²) < 4.78 is 18.6. The largest absolute Gasteiger partial charge is 0.489 e. The van der Waals surface area contributed by atoms with Gasteiger partial charge in [0.05, 0.1) is 6.42 Å². The molecule has 5 nitrogen and oxygen atoms in total. The molecule has 0 bridgehead atoms. The molecule has 0 aliphatic rings. The monoisotopic (exact) mass is 331 g/mol. The molecule has 0 aliphatic carbocycles. The third kappa shape index (κ3) is 5.72. The van der Waals surface area contributed by atoms with Crippen LogP contribution in [0, 0.1) is 5.82 Å². The summed E-state index contributed by atoms with van der Waals surface area (Å²) in [5.74, 6) is -1.03. The topological polar surface area (TPSA) is 75.6 Å². The number of halogens is 1. The Bertz CT molecular complexity index is 700. The molecule has 0 aliphatic heterocycles. The number of amides is 1. The summed E-state index contributed by atoms with van der Waals surface area (Å²) in [6.45, 7) is 0.530. The van der Waals surface area contributed by atoms with E-state index in [1.807, 2.05) is 18.2 Å². The van der Waals surface area contributed by atoms with Gasteiger partial charge in [0.1, 0.15) is 18.2 Å². The molecule has 0 spiro atoms. The molecule has 0 fully saturated rings. The lowest BCUT2D eigenvalue weighted by molar-refractivity contribution is -0.138. The Morgan fingerprint density at radius 1 is 1.04 bits per heavy atom. The molecule has 0 radical (unpaired) electrons. The summed E-state index contributed by atoms with van der Waals surface area (Å²) in [6, 6.07) is 13.3. The van der Waals surface area contributed by atoms with Crippen molar-refractivity contribution < 1.29 is 23.8 Å². The Balaban J connectivity index is 1.90. The lowest BCUT2D eigenvalue weighted by Gasteiger charge is -2.12. The number of aliphatic carboxylic acids is 1. The maximum absolute atomic E-state index is 12.9. The maximum atomic E-state index is 12.9. The first-order valence-electron chi connectivity index (χ1n) is 7.48. The van der Waals surface area contributed by atoms with Crippen LogP contribution in [0.5, 0.6) is 5.75 Å². The first kappa shape index (κ1) is 17.5. The smallest absolute Gasteiger partial charge is 0.303 e. The Kier molecular flexibility index (Phi) is 6.31. The fourth-order valence-corrected chi connectivity index (χ4v) is 2.04. The fraction of sp³-hybridized carbons (Fsp3) is 0.222. The van der Waals surface area contributed by atoms with Crippen LogP contribution in [-0.4, -0.2) is 17.0 Å². The fourth-order valence-electron chi connectivity index (χ4n) is 2.04. The van der Waals surface area contributed by atoms with Crippen LogP contribution in [0.15, 0.2) is 48.5 Å². The van der Waals surface area contributed by atoms with Gasteiger partial charge in [-0.3, -0.25) is 9.59 Å². The number of carboxylic acids is 1. The van der Waals surface area contributed by atoms with E-state index in [1.165, 1.54) is 12.1 Å². The van der Waals surface area contributed by atoms with Crippen molar-refractivity contribution in [3.8, 4) is 5.75 Å². The lowest BCUT2D eigenvalue weighted by atomic mass is 10.2. The van der Waals surface area contributed by atoms with Gasteiger partial charge in [-0.15, -0.1) is 0 Å². The molecule has 2 aromatic carbocycles. The molecule has 0 heterocycles. The van der Waals surface area contributed by atoms with Crippen LogP contribution in [0.2, 0.25) is 0 Å². The van der Waals surface area contributed by atoms with Gasteiger partial charge in [0.15, 0.2) is 0 Å². The molecule has 24 heavy (non-hydrogen) atoms. The van der Waals surface area contributed by atoms with Crippen molar-refractivity contribution in [2.45, 2.75) is 26.0 Å². The number of hydrogen-bond donors (Lipinski definition) is 2. The van der Waals surface area contributed by atoms with Crippen LogP contribution >= 0.6 is 0 Å². The van der Waals surface area contributed by atoms with Gasteiger partial charge in [-0.05, 0) is 23.8 Å². The molecule has 0 saturated carbocycles. The lowest BCUT2D eigenvalue weighted by Crippen LogP contribution is -2.23. The summed E-state index contributed by atoms with van der Waals surface area (Å²) in [4.78, 5) is 22.0. The number of hydrogen-bond acceptors (Lipinski definition) is 3. The number of ether oxygens (including phenoxy) is 1. The average Bonchev–Trinajstić information content (AvgIpc) is 2.58. The van der Waals surface area contributed by atoms with E-state index in [1.54, 1.807) is 18.2 Å². The van der Waals surface area contributed by atoms with Gasteiger partial charge in [0.25, 0.3) is 0 Å². The van der Waals surface area contributed by atoms with Crippen LogP contribution in [0.3, 0.4) is 0 Å². The maximum Gasteiger partial charge on any atom is 0.303 e. The van der Waals surface area contributed by atoms with Crippen molar-refractivity contribution in [1.82, 2.24) is 5.32 Å². The predicted octanol–water partition coefficient (Wildman–Crippen LogP) is 2.89. The average molecular weight is 331 g/mol. The zero-order chi connectivity index (χ0) is 17.4. The number of carboxylic acid groups (broad SMARTS) is 1. The standard InChI is InChI=1S/C18H18FNO4/c19-15-7-5-13(6-8-15)12-24-16-4-2-1-3-14(16)11-20-17(21)9-10-18(22)23/h1-8H,9-12H2,(H,20,21)(H,22,23). The molecule has 0 atom stereocenters. The van der Waals surface area contributed by atoms with Crippen LogP contribution in [0.25, 0.3) is 0 Å². The number of nitrogens with one attached hydrogen (secondary N) is 1. The number of benzene rings is 2. The van der Waals surface area contributed by atoms with Gasteiger partial charge < -0.3 is 15.2 Å². The SMILES string of the molecule is O=C(O)CCC(=O)NCc1ccccc1OCc1ccc(F)cc1. The van der Waals surface area contributed by atoms with E-state index in [0.717, 1.165) is 11.1 Å². The van der Waals surface area contributed by atoms with E-state index in [2.05, 4.69) is 5.32 Å². The van der Waals surface area contributed by atoms with Crippen LogP contribution < -0.4 is 10.1 Å². The summed E-state index contributed by atoms with van der Waals surface area (Å²) in [7, 11) is 0. The first-order valence-corrected chi connectivity index (χ1v) is 7.48. The van der Waals surface area contributed by atoms with Crippen molar-refractivity contribution >= 4 is 11.9 Å². The minimum absolute atomic E-state index is 0.0616.